The van der Waals surface area contributed by atoms with Gasteiger partial charge in [-0.25, -0.2) is 0 Å². The summed E-state index contributed by atoms with van der Waals surface area (Å²) in [5.41, 5.74) is 1.35. The Morgan fingerprint density at radius 1 is 1.12 bits per heavy atom. The highest BCUT2D eigenvalue weighted by molar-refractivity contribution is 14.0. The molecule has 1 unspecified atom stereocenters. The molecule has 0 spiro atoms. The average Bonchev–Trinajstić information content (AvgIpc) is 2.63. The first-order valence-corrected chi connectivity index (χ1v) is 10.4. The van der Waals surface area contributed by atoms with E-state index in [4.69, 9.17) is 0 Å². The smallest absolute Gasteiger partial charge is 0.191 e. The molecule has 144 valence electrons. The predicted octanol–water partition coefficient (Wildman–Crippen LogP) is 4.00. The highest BCUT2D eigenvalue weighted by atomic mass is 127. The maximum Gasteiger partial charge on any atom is 0.191 e. The molecule has 25 heavy (non-hydrogen) atoms. The second-order valence-electron chi connectivity index (χ2n) is 5.73. The predicted molar refractivity (Wildman–Crippen MR) is 124 cm³/mol. The van der Waals surface area contributed by atoms with Crippen LogP contribution in [0.15, 0.2) is 35.3 Å². The summed E-state index contributed by atoms with van der Waals surface area (Å²) in [5, 5.41) is 6.92. The average molecular weight is 478 g/mol. The normalized spacial score (nSPS) is 12.6. The Morgan fingerprint density at radius 3 is 2.36 bits per heavy atom. The Morgan fingerprint density at radius 2 is 1.80 bits per heavy atom. The van der Waals surface area contributed by atoms with E-state index in [1.165, 1.54) is 24.2 Å². The van der Waals surface area contributed by atoms with E-state index < -0.39 is 0 Å². The number of rotatable bonds is 11. The first-order chi connectivity index (χ1) is 11.8. The Labute approximate surface area is 175 Å². The number of benzene rings is 1. The molecule has 1 aromatic carbocycles. The van der Waals surface area contributed by atoms with Crippen molar-refractivity contribution in [3.05, 3.63) is 35.9 Å². The zero-order chi connectivity index (χ0) is 17.6. The van der Waals surface area contributed by atoms with Gasteiger partial charge in [-0.1, -0.05) is 44.2 Å². The number of thioether (sulfide) groups is 1. The van der Waals surface area contributed by atoms with E-state index >= 15 is 0 Å². The van der Waals surface area contributed by atoms with Crippen molar-refractivity contribution in [2.45, 2.75) is 32.7 Å². The SMILES string of the molecule is CCN(CC)C(CNC(=NC)NCCCCSC)c1ccccc1.I. The second kappa shape index (κ2) is 15.8. The van der Waals surface area contributed by atoms with Gasteiger partial charge in [-0.2, -0.15) is 11.8 Å². The molecule has 0 heterocycles. The molecule has 0 saturated carbocycles. The summed E-state index contributed by atoms with van der Waals surface area (Å²) in [5.74, 6) is 2.12. The molecule has 1 rings (SSSR count). The number of hydrogen-bond acceptors (Lipinski definition) is 3. The molecule has 0 fully saturated rings. The van der Waals surface area contributed by atoms with Crippen LogP contribution in [0.25, 0.3) is 0 Å². The Hall–Kier alpha value is -0.470. The molecule has 1 atom stereocenters. The van der Waals surface area contributed by atoms with E-state index in [-0.39, 0.29) is 24.0 Å². The van der Waals surface area contributed by atoms with E-state index in [0.29, 0.717) is 6.04 Å². The van der Waals surface area contributed by atoms with Crippen LogP contribution in [0.4, 0.5) is 0 Å². The highest BCUT2D eigenvalue weighted by Gasteiger charge is 2.17. The minimum Gasteiger partial charge on any atom is -0.356 e. The fourth-order valence-electron chi connectivity index (χ4n) is 2.79. The lowest BCUT2D eigenvalue weighted by atomic mass is 10.1. The quantitative estimate of drug-likeness (QED) is 0.218. The van der Waals surface area contributed by atoms with Crippen LogP contribution in [0, 0.1) is 0 Å². The number of nitrogens with zero attached hydrogens (tertiary/aromatic N) is 2. The molecule has 0 aliphatic heterocycles. The zero-order valence-corrected chi connectivity index (χ0v) is 19.3. The molecule has 0 aliphatic rings. The molecular weight excluding hydrogens is 443 g/mol. The number of guanidine groups is 1. The largest absolute Gasteiger partial charge is 0.356 e. The van der Waals surface area contributed by atoms with Crippen molar-refractivity contribution in [1.82, 2.24) is 15.5 Å². The lowest BCUT2D eigenvalue weighted by Gasteiger charge is -2.30. The molecule has 4 nitrogen and oxygen atoms in total. The van der Waals surface area contributed by atoms with Gasteiger partial charge in [-0.05, 0) is 43.5 Å². The van der Waals surface area contributed by atoms with E-state index in [0.717, 1.165) is 32.1 Å². The van der Waals surface area contributed by atoms with Crippen LogP contribution in [0.3, 0.4) is 0 Å². The van der Waals surface area contributed by atoms with Gasteiger partial charge in [-0.15, -0.1) is 24.0 Å². The molecule has 0 aromatic heterocycles. The Balaban J connectivity index is 0.00000576. The number of hydrogen-bond donors (Lipinski definition) is 2. The van der Waals surface area contributed by atoms with Crippen molar-refractivity contribution in [2.75, 3.05) is 45.2 Å². The summed E-state index contributed by atoms with van der Waals surface area (Å²) < 4.78 is 0. The highest BCUT2D eigenvalue weighted by Crippen LogP contribution is 2.19. The molecule has 0 bridgehead atoms. The number of nitrogens with one attached hydrogen (secondary N) is 2. The van der Waals surface area contributed by atoms with E-state index in [1.54, 1.807) is 0 Å². The van der Waals surface area contributed by atoms with Crippen molar-refractivity contribution in [3.63, 3.8) is 0 Å². The molecule has 0 amide bonds. The summed E-state index contributed by atoms with van der Waals surface area (Å²) in [6, 6.07) is 11.1. The fraction of sp³-hybridized carbons (Fsp3) is 0.632. The van der Waals surface area contributed by atoms with Gasteiger partial charge in [0.1, 0.15) is 0 Å². The van der Waals surface area contributed by atoms with Crippen molar-refractivity contribution >= 4 is 41.7 Å². The van der Waals surface area contributed by atoms with Gasteiger partial charge in [0, 0.05) is 20.1 Å². The lowest BCUT2D eigenvalue weighted by molar-refractivity contribution is 0.219. The first kappa shape index (κ1) is 24.5. The molecule has 6 heteroatoms. The number of unbranched alkanes of at least 4 members (excludes halogenated alkanes) is 1. The van der Waals surface area contributed by atoms with Crippen LogP contribution < -0.4 is 10.6 Å². The maximum absolute atomic E-state index is 4.35. The van der Waals surface area contributed by atoms with Crippen LogP contribution >= 0.6 is 35.7 Å². The van der Waals surface area contributed by atoms with E-state index in [1.807, 2.05) is 18.8 Å². The van der Waals surface area contributed by atoms with Crippen molar-refractivity contribution in [2.24, 2.45) is 4.99 Å². The van der Waals surface area contributed by atoms with Crippen molar-refractivity contribution < 1.29 is 0 Å². The third kappa shape index (κ3) is 9.70. The summed E-state index contributed by atoms with van der Waals surface area (Å²) in [4.78, 5) is 6.83. The van der Waals surface area contributed by atoms with Crippen LogP contribution in [0.2, 0.25) is 0 Å². The Kier molecular flexibility index (Phi) is 15.5. The summed E-state index contributed by atoms with van der Waals surface area (Å²) in [6.45, 7) is 8.35. The van der Waals surface area contributed by atoms with Crippen LogP contribution in [-0.2, 0) is 0 Å². The zero-order valence-electron chi connectivity index (χ0n) is 16.1. The van der Waals surface area contributed by atoms with Gasteiger partial charge >= 0.3 is 0 Å². The fourth-order valence-corrected chi connectivity index (χ4v) is 3.28. The number of aliphatic imine (C=N–C) groups is 1. The van der Waals surface area contributed by atoms with Gasteiger partial charge in [-0.3, -0.25) is 9.89 Å². The molecular formula is C19H35IN4S. The van der Waals surface area contributed by atoms with Crippen LogP contribution in [0.1, 0.15) is 38.3 Å². The molecule has 0 aliphatic carbocycles. The van der Waals surface area contributed by atoms with Gasteiger partial charge in [0.25, 0.3) is 0 Å². The van der Waals surface area contributed by atoms with Gasteiger partial charge in [0.05, 0.1) is 6.04 Å². The summed E-state index contributed by atoms with van der Waals surface area (Å²) >= 11 is 1.91. The summed E-state index contributed by atoms with van der Waals surface area (Å²) in [6.07, 6.45) is 4.59. The molecule has 1 aromatic rings. The van der Waals surface area contributed by atoms with E-state index in [2.05, 4.69) is 71.0 Å². The maximum atomic E-state index is 4.35. The first-order valence-electron chi connectivity index (χ1n) is 8.99. The lowest BCUT2D eigenvalue weighted by Crippen LogP contribution is -2.43. The number of likely N-dealkylation sites (N-methyl/N-ethyl adjacent to an activating group) is 1. The number of halogens is 1. The van der Waals surface area contributed by atoms with Gasteiger partial charge < -0.3 is 10.6 Å². The van der Waals surface area contributed by atoms with Crippen molar-refractivity contribution in [3.8, 4) is 0 Å². The third-order valence-corrected chi connectivity index (χ3v) is 4.89. The topological polar surface area (TPSA) is 39.7 Å². The Bertz CT molecular complexity index is 452. The summed E-state index contributed by atoms with van der Waals surface area (Å²) in [7, 11) is 1.84. The van der Waals surface area contributed by atoms with E-state index in [9.17, 15) is 0 Å². The van der Waals surface area contributed by atoms with Gasteiger partial charge in [0.2, 0.25) is 0 Å². The van der Waals surface area contributed by atoms with Crippen LogP contribution in [-0.4, -0.2) is 56.1 Å². The second-order valence-corrected chi connectivity index (χ2v) is 6.71. The monoisotopic (exact) mass is 478 g/mol. The third-order valence-electron chi connectivity index (χ3n) is 4.19. The van der Waals surface area contributed by atoms with Crippen molar-refractivity contribution in [1.29, 1.82) is 0 Å². The standard InChI is InChI=1S/C19H34N4S.HI/c1-5-23(6-2)18(17-12-8-7-9-13-17)16-22-19(20-3)21-14-10-11-15-24-4;/h7-9,12-13,18H,5-6,10-11,14-16H2,1-4H3,(H2,20,21,22);1H. The molecule has 2 N–H and O–H groups in total. The minimum atomic E-state index is 0. The minimum absolute atomic E-state index is 0. The molecule has 0 radical (unpaired) electrons. The van der Waals surface area contributed by atoms with Crippen LogP contribution in [0.5, 0.6) is 0 Å². The molecule has 0 saturated heterocycles. The van der Waals surface area contributed by atoms with Gasteiger partial charge in [0.15, 0.2) is 5.96 Å².